The second kappa shape index (κ2) is 5.99. The van der Waals surface area contributed by atoms with Crippen molar-refractivity contribution in [1.82, 2.24) is 0 Å². The molecule has 130 valence electrons. The highest BCUT2D eigenvalue weighted by Gasteiger charge is 2.28. The fraction of sp³-hybridized carbons (Fsp3) is 0.111. The summed E-state index contributed by atoms with van der Waals surface area (Å²) in [4.78, 5) is 27.1. The Morgan fingerprint density at radius 1 is 1.19 bits per heavy atom. The topological polar surface area (TPSA) is 100 Å². The lowest BCUT2D eigenvalue weighted by atomic mass is 10.1. The molecule has 4 rings (SSSR count). The lowest BCUT2D eigenvalue weighted by Gasteiger charge is -2.02. The van der Waals surface area contributed by atoms with Gasteiger partial charge >= 0.3 is 5.97 Å². The van der Waals surface area contributed by atoms with E-state index in [9.17, 15) is 14.9 Å². The van der Waals surface area contributed by atoms with Crippen LogP contribution in [0.2, 0.25) is 0 Å². The maximum atomic E-state index is 12.2. The van der Waals surface area contributed by atoms with E-state index in [1.807, 2.05) is 25.1 Å². The Kier molecular flexibility index (Phi) is 3.65. The zero-order chi connectivity index (χ0) is 18.3. The quantitative estimate of drug-likeness (QED) is 0.364. The highest BCUT2D eigenvalue weighted by atomic mass is 16.7. The number of ether oxygens (including phenoxy) is 3. The summed E-state index contributed by atoms with van der Waals surface area (Å²) in [7, 11) is 0. The van der Waals surface area contributed by atoms with Crippen LogP contribution in [-0.2, 0) is 9.53 Å². The van der Waals surface area contributed by atoms with E-state index in [0.717, 1.165) is 5.56 Å². The van der Waals surface area contributed by atoms with Crippen LogP contribution in [0.5, 0.6) is 11.5 Å². The molecule has 0 atom stereocenters. The number of hydrogen-bond donors (Lipinski definition) is 0. The van der Waals surface area contributed by atoms with E-state index in [2.05, 4.69) is 4.99 Å². The van der Waals surface area contributed by atoms with Crippen LogP contribution in [0.3, 0.4) is 0 Å². The van der Waals surface area contributed by atoms with Crippen molar-refractivity contribution in [3.05, 3.63) is 68.9 Å². The van der Waals surface area contributed by atoms with Gasteiger partial charge in [0.15, 0.2) is 17.2 Å². The van der Waals surface area contributed by atoms with Crippen LogP contribution in [-0.4, -0.2) is 23.6 Å². The van der Waals surface area contributed by atoms with Crippen molar-refractivity contribution in [1.29, 1.82) is 0 Å². The molecule has 0 radical (unpaired) electrons. The molecule has 0 bridgehead atoms. The van der Waals surface area contributed by atoms with Crippen LogP contribution in [0.1, 0.15) is 16.7 Å². The Labute approximate surface area is 147 Å². The summed E-state index contributed by atoms with van der Waals surface area (Å²) in [5, 5.41) is 11.3. The summed E-state index contributed by atoms with van der Waals surface area (Å²) >= 11 is 0. The fourth-order valence-electron chi connectivity index (χ4n) is 2.71. The van der Waals surface area contributed by atoms with Crippen LogP contribution in [0.4, 0.5) is 5.69 Å². The third kappa shape index (κ3) is 2.67. The second-order valence-corrected chi connectivity index (χ2v) is 5.67. The van der Waals surface area contributed by atoms with Gasteiger partial charge in [-0.15, -0.1) is 0 Å². The SMILES string of the molecule is Cc1ccccc1C1=NC(=Cc2cc3c(cc2[N+](=O)[O-])OCO3)C(=O)O1. The molecule has 8 heteroatoms. The normalized spacial score (nSPS) is 16.6. The Morgan fingerprint density at radius 2 is 1.92 bits per heavy atom. The Morgan fingerprint density at radius 3 is 2.65 bits per heavy atom. The predicted molar refractivity (Wildman–Crippen MR) is 91.0 cm³/mol. The molecule has 0 N–H and O–H groups in total. The maximum absolute atomic E-state index is 12.2. The van der Waals surface area contributed by atoms with Crippen LogP contribution in [0, 0.1) is 17.0 Å². The van der Waals surface area contributed by atoms with Gasteiger partial charge in [-0.2, -0.15) is 0 Å². The van der Waals surface area contributed by atoms with Crippen LogP contribution < -0.4 is 9.47 Å². The molecule has 8 nitrogen and oxygen atoms in total. The van der Waals surface area contributed by atoms with Gasteiger partial charge in [0.25, 0.3) is 5.69 Å². The number of carbonyl (C=O) groups excluding carboxylic acids is 1. The Bertz CT molecular complexity index is 1010. The van der Waals surface area contributed by atoms with Gasteiger partial charge in [0.1, 0.15) is 0 Å². The van der Waals surface area contributed by atoms with E-state index in [0.29, 0.717) is 11.3 Å². The molecule has 0 spiro atoms. The summed E-state index contributed by atoms with van der Waals surface area (Å²) in [6, 6.07) is 10.0. The van der Waals surface area contributed by atoms with E-state index < -0.39 is 10.9 Å². The minimum atomic E-state index is -0.671. The molecule has 2 heterocycles. The number of carbonyl (C=O) groups is 1. The first kappa shape index (κ1) is 15.8. The molecule has 0 saturated carbocycles. The van der Waals surface area contributed by atoms with Gasteiger partial charge in [-0.3, -0.25) is 10.1 Å². The summed E-state index contributed by atoms with van der Waals surface area (Å²) in [6.07, 6.45) is 1.31. The van der Waals surface area contributed by atoms with E-state index in [-0.39, 0.29) is 35.4 Å². The number of hydrogen-bond acceptors (Lipinski definition) is 7. The first-order valence-corrected chi connectivity index (χ1v) is 7.69. The minimum Gasteiger partial charge on any atom is -0.454 e. The van der Waals surface area contributed by atoms with Crippen molar-refractivity contribution < 1.29 is 23.9 Å². The third-order valence-electron chi connectivity index (χ3n) is 4.01. The van der Waals surface area contributed by atoms with E-state index in [1.54, 1.807) is 6.07 Å². The fourth-order valence-corrected chi connectivity index (χ4v) is 2.71. The molecule has 26 heavy (non-hydrogen) atoms. The van der Waals surface area contributed by atoms with Crippen molar-refractivity contribution in [2.75, 3.05) is 6.79 Å². The highest BCUT2D eigenvalue weighted by molar-refractivity contribution is 6.13. The van der Waals surface area contributed by atoms with Crippen molar-refractivity contribution in [2.24, 2.45) is 4.99 Å². The summed E-state index contributed by atoms with van der Waals surface area (Å²) in [5.74, 6) is 0.159. The maximum Gasteiger partial charge on any atom is 0.363 e. The number of aliphatic imine (C=N–C) groups is 1. The number of esters is 1. The van der Waals surface area contributed by atoms with Gasteiger partial charge in [-0.25, -0.2) is 9.79 Å². The van der Waals surface area contributed by atoms with Gasteiger partial charge in [0.05, 0.1) is 16.6 Å². The molecule has 2 aromatic rings. The monoisotopic (exact) mass is 352 g/mol. The molecule has 2 aromatic carbocycles. The van der Waals surface area contributed by atoms with Crippen molar-refractivity contribution in [2.45, 2.75) is 6.92 Å². The zero-order valence-corrected chi connectivity index (χ0v) is 13.6. The summed E-state index contributed by atoms with van der Waals surface area (Å²) < 4.78 is 15.6. The molecule has 0 aliphatic carbocycles. The van der Waals surface area contributed by atoms with Gasteiger partial charge < -0.3 is 14.2 Å². The molecule has 2 aliphatic rings. The lowest BCUT2D eigenvalue weighted by Crippen LogP contribution is -2.06. The largest absolute Gasteiger partial charge is 0.454 e. The summed E-state index contributed by atoms with van der Waals surface area (Å²) in [6.45, 7) is 1.86. The number of nitrogens with zero attached hydrogens (tertiary/aromatic N) is 2. The van der Waals surface area contributed by atoms with Crippen LogP contribution in [0.15, 0.2) is 47.1 Å². The van der Waals surface area contributed by atoms with E-state index in [1.165, 1.54) is 18.2 Å². The number of nitro benzene ring substituents is 1. The standard InChI is InChI=1S/C18H12N2O6/c1-10-4-2-3-5-12(10)17-19-13(18(21)26-17)6-11-7-15-16(25-9-24-15)8-14(11)20(22)23/h2-8H,9H2,1H3. The van der Waals surface area contributed by atoms with Crippen LogP contribution >= 0.6 is 0 Å². The average Bonchev–Trinajstić information content (AvgIpc) is 3.21. The zero-order valence-electron chi connectivity index (χ0n) is 13.6. The molecule has 0 unspecified atom stereocenters. The molecule has 0 amide bonds. The van der Waals surface area contributed by atoms with Crippen molar-refractivity contribution in [3.8, 4) is 11.5 Å². The van der Waals surface area contributed by atoms with Gasteiger partial charge in [-0.05, 0) is 30.7 Å². The van der Waals surface area contributed by atoms with E-state index in [4.69, 9.17) is 14.2 Å². The molecule has 0 fully saturated rings. The minimum absolute atomic E-state index is 0.00978. The average molecular weight is 352 g/mol. The predicted octanol–water partition coefficient (Wildman–Crippen LogP) is 2.98. The molecular weight excluding hydrogens is 340 g/mol. The third-order valence-corrected chi connectivity index (χ3v) is 4.01. The van der Waals surface area contributed by atoms with Crippen LogP contribution in [0.25, 0.3) is 6.08 Å². The molecule has 2 aliphatic heterocycles. The second-order valence-electron chi connectivity index (χ2n) is 5.67. The Balaban J connectivity index is 1.78. The number of nitro groups is 1. The highest BCUT2D eigenvalue weighted by Crippen LogP contribution is 2.39. The number of cyclic esters (lactones) is 1. The Hall–Kier alpha value is -3.68. The van der Waals surface area contributed by atoms with E-state index >= 15 is 0 Å². The van der Waals surface area contributed by atoms with Gasteiger partial charge in [0.2, 0.25) is 12.7 Å². The summed E-state index contributed by atoms with van der Waals surface area (Å²) in [5.41, 5.74) is 1.53. The molecule has 0 saturated heterocycles. The number of aryl methyl sites for hydroxylation is 1. The lowest BCUT2D eigenvalue weighted by molar-refractivity contribution is -0.385. The van der Waals surface area contributed by atoms with Crippen molar-refractivity contribution in [3.63, 3.8) is 0 Å². The number of fused-ring (bicyclic) bond motifs is 1. The molecular formula is C18H12N2O6. The first-order valence-electron chi connectivity index (χ1n) is 7.69. The number of benzene rings is 2. The van der Waals surface area contributed by atoms with Gasteiger partial charge in [0, 0.05) is 5.56 Å². The first-order chi connectivity index (χ1) is 12.5. The van der Waals surface area contributed by atoms with Gasteiger partial charge in [-0.1, -0.05) is 18.2 Å². The number of rotatable bonds is 3. The van der Waals surface area contributed by atoms with Crippen molar-refractivity contribution >= 4 is 23.6 Å². The molecule has 0 aromatic heterocycles. The smallest absolute Gasteiger partial charge is 0.363 e.